The average Bonchev–Trinajstić information content (AvgIpc) is 3.17. The van der Waals surface area contributed by atoms with Crippen LogP contribution in [-0.4, -0.2) is 43.5 Å². The maximum atomic E-state index is 12.6. The Hall–Kier alpha value is -3.04. The van der Waals surface area contributed by atoms with E-state index in [1.165, 1.54) is 18.2 Å². The molecule has 1 aromatic carbocycles. The van der Waals surface area contributed by atoms with Gasteiger partial charge in [0.05, 0.1) is 6.54 Å². The number of alkyl halides is 3. The highest BCUT2D eigenvalue weighted by Crippen LogP contribution is 2.27. The first-order valence-corrected chi connectivity index (χ1v) is 7.43. The van der Waals surface area contributed by atoms with Gasteiger partial charge in [-0.05, 0) is 18.2 Å². The fraction of sp³-hybridized carbons (Fsp3) is 0.267. The second-order valence-corrected chi connectivity index (χ2v) is 5.65. The van der Waals surface area contributed by atoms with Gasteiger partial charge in [0.1, 0.15) is 17.8 Å². The van der Waals surface area contributed by atoms with Gasteiger partial charge in [-0.15, -0.1) is 23.4 Å². The summed E-state index contributed by atoms with van der Waals surface area (Å²) in [5.41, 5.74) is 0.692. The number of fused-ring (bicyclic) bond motifs is 2. The SMILES string of the molecule is O=C(c1cc2ccc(OC(F)(F)F)cc2[nH]1)N1CCn2cnnc2C1. The Labute approximate surface area is 139 Å². The van der Waals surface area contributed by atoms with Crippen molar-refractivity contribution in [3.63, 3.8) is 0 Å². The molecule has 0 aliphatic carbocycles. The highest BCUT2D eigenvalue weighted by Gasteiger charge is 2.31. The maximum absolute atomic E-state index is 12.6. The molecule has 3 aromatic rings. The zero-order valence-corrected chi connectivity index (χ0v) is 12.7. The van der Waals surface area contributed by atoms with Gasteiger partial charge in [-0.1, -0.05) is 0 Å². The Morgan fingerprint density at radius 3 is 2.88 bits per heavy atom. The normalized spacial score (nSPS) is 14.6. The molecule has 10 heteroatoms. The zero-order valence-electron chi connectivity index (χ0n) is 12.7. The zero-order chi connectivity index (χ0) is 17.6. The molecular weight excluding hydrogens is 339 g/mol. The van der Waals surface area contributed by atoms with Gasteiger partial charge in [0, 0.05) is 30.1 Å². The molecule has 7 nitrogen and oxygen atoms in total. The minimum Gasteiger partial charge on any atom is -0.406 e. The van der Waals surface area contributed by atoms with Crippen molar-refractivity contribution in [3.8, 4) is 5.75 Å². The first-order chi connectivity index (χ1) is 11.9. The molecule has 0 radical (unpaired) electrons. The summed E-state index contributed by atoms with van der Waals surface area (Å²) < 4.78 is 42.7. The largest absolute Gasteiger partial charge is 0.573 e. The number of benzene rings is 1. The van der Waals surface area contributed by atoms with Crippen molar-refractivity contribution < 1.29 is 22.7 Å². The van der Waals surface area contributed by atoms with Crippen molar-refractivity contribution >= 4 is 16.8 Å². The molecule has 1 N–H and O–H groups in total. The number of aromatic nitrogens is 4. The van der Waals surface area contributed by atoms with Gasteiger partial charge in [-0.25, -0.2) is 0 Å². The summed E-state index contributed by atoms with van der Waals surface area (Å²) in [4.78, 5) is 17.1. The number of hydrogen-bond donors (Lipinski definition) is 1. The topological polar surface area (TPSA) is 76.0 Å². The number of H-pyrrole nitrogens is 1. The van der Waals surface area contributed by atoms with Crippen molar-refractivity contribution in [2.45, 2.75) is 19.5 Å². The van der Waals surface area contributed by atoms with E-state index in [1.807, 2.05) is 4.57 Å². The minimum absolute atomic E-state index is 0.247. The molecular formula is C15H12F3N5O2. The Morgan fingerprint density at radius 2 is 2.08 bits per heavy atom. The fourth-order valence-electron chi connectivity index (χ4n) is 2.83. The molecule has 1 aliphatic heterocycles. The average molecular weight is 351 g/mol. The maximum Gasteiger partial charge on any atom is 0.573 e. The second-order valence-electron chi connectivity index (χ2n) is 5.65. The molecule has 0 bridgehead atoms. The van der Waals surface area contributed by atoms with Crippen LogP contribution in [0.4, 0.5) is 13.2 Å². The molecule has 2 aromatic heterocycles. The van der Waals surface area contributed by atoms with E-state index in [4.69, 9.17) is 0 Å². The Morgan fingerprint density at radius 1 is 1.24 bits per heavy atom. The van der Waals surface area contributed by atoms with Crippen LogP contribution in [-0.2, 0) is 13.1 Å². The van der Waals surface area contributed by atoms with Crippen molar-refractivity contribution in [1.82, 2.24) is 24.6 Å². The third-order valence-electron chi connectivity index (χ3n) is 3.98. The van der Waals surface area contributed by atoms with E-state index in [1.54, 1.807) is 17.3 Å². The molecule has 1 aliphatic rings. The third kappa shape index (κ3) is 3.02. The first kappa shape index (κ1) is 15.5. The number of carbonyl (C=O) groups is 1. The predicted octanol–water partition coefficient (Wildman–Crippen LogP) is 2.31. The van der Waals surface area contributed by atoms with Crippen molar-refractivity contribution in [2.24, 2.45) is 0 Å². The van der Waals surface area contributed by atoms with E-state index in [2.05, 4.69) is 19.9 Å². The van der Waals surface area contributed by atoms with Crippen LogP contribution in [0, 0.1) is 0 Å². The van der Waals surface area contributed by atoms with Crippen molar-refractivity contribution in [3.05, 3.63) is 42.1 Å². The molecule has 4 rings (SSSR count). The summed E-state index contributed by atoms with van der Waals surface area (Å²) in [6.45, 7) is 1.43. The number of ether oxygens (including phenoxy) is 1. The Balaban J connectivity index is 1.58. The van der Waals surface area contributed by atoms with Gasteiger partial charge in [0.15, 0.2) is 5.82 Å². The standard InChI is InChI=1S/C15H12F3N5O2/c16-15(17,18)25-10-2-1-9-5-12(20-11(9)6-10)14(24)22-3-4-23-8-19-21-13(23)7-22/h1-2,5-6,8,20H,3-4,7H2. The summed E-state index contributed by atoms with van der Waals surface area (Å²) >= 11 is 0. The van der Waals surface area contributed by atoms with Crippen LogP contribution in [0.25, 0.3) is 10.9 Å². The molecule has 0 saturated heterocycles. The lowest BCUT2D eigenvalue weighted by Crippen LogP contribution is -2.38. The molecule has 3 heterocycles. The summed E-state index contributed by atoms with van der Waals surface area (Å²) in [6.07, 6.45) is -3.15. The molecule has 0 unspecified atom stereocenters. The van der Waals surface area contributed by atoms with Gasteiger partial charge >= 0.3 is 6.36 Å². The number of carbonyl (C=O) groups excluding carboxylic acids is 1. The van der Waals surface area contributed by atoms with E-state index in [9.17, 15) is 18.0 Å². The van der Waals surface area contributed by atoms with E-state index in [-0.39, 0.29) is 11.7 Å². The highest BCUT2D eigenvalue weighted by atomic mass is 19.4. The molecule has 0 spiro atoms. The summed E-state index contributed by atoms with van der Waals surface area (Å²) in [5.74, 6) is 0.104. The predicted molar refractivity (Wildman–Crippen MR) is 79.7 cm³/mol. The van der Waals surface area contributed by atoms with Gasteiger partial charge < -0.3 is 19.2 Å². The summed E-state index contributed by atoms with van der Waals surface area (Å²) in [7, 11) is 0. The number of hydrogen-bond acceptors (Lipinski definition) is 4. The lowest BCUT2D eigenvalue weighted by Gasteiger charge is -2.26. The number of nitrogens with zero attached hydrogens (tertiary/aromatic N) is 4. The number of aromatic amines is 1. The number of amides is 1. The Bertz CT molecular complexity index is 946. The molecule has 130 valence electrons. The van der Waals surface area contributed by atoms with E-state index in [0.717, 1.165) is 0 Å². The van der Waals surface area contributed by atoms with Crippen LogP contribution < -0.4 is 4.74 Å². The lowest BCUT2D eigenvalue weighted by molar-refractivity contribution is -0.274. The number of nitrogens with one attached hydrogen (secondary N) is 1. The van der Waals surface area contributed by atoms with Gasteiger partial charge in [0.25, 0.3) is 5.91 Å². The minimum atomic E-state index is -4.76. The first-order valence-electron chi connectivity index (χ1n) is 7.43. The van der Waals surface area contributed by atoms with Gasteiger partial charge in [0.2, 0.25) is 0 Å². The molecule has 0 fully saturated rings. The van der Waals surface area contributed by atoms with Crippen LogP contribution in [0.3, 0.4) is 0 Å². The summed E-state index contributed by atoms with van der Waals surface area (Å²) in [6, 6.07) is 5.50. The quantitative estimate of drug-likeness (QED) is 0.769. The van der Waals surface area contributed by atoms with E-state index < -0.39 is 6.36 Å². The monoisotopic (exact) mass is 351 g/mol. The fourth-order valence-corrected chi connectivity index (χ4v) is 2.83. The van der Waals surface area contributed by atoms with Crippen LogP contribution >= 0.6 is 0 Å². The molecule has 0 atom stereocenters. The number of halogens is 3. The third-order valence-corrected chi connectivity index (χ3v) is 3.98. The van der Waals surface area contributed by atoms with Crippen LogP contribution in [0.15, 0.2) is 30.6 Å². The van der Waals surface area contributed by atoms with Crippen molar-refractivity contribution in [2.75, 3.05) is 6.54 Å². The lowest BCUT2D eigenvalue weighted by atomic mass is 10.2. The van der Waals surface area contributed by atoms with Crippen LogP contribution in [0.1, 0.15) is 16.3 Å². The van der Waals surface area contributed by atoms with Crippen molar-refractivity contribution in [1.29, 1.82) is 0 Å². The highest BCUT2D eigenvalue weighted by molar-refractivity contribution is 5.98. The van der Waals surface area contributed by atoms with Gasteiger partial charge in [-0.3, -0.25) is 4.79 Å². The summed E-state index contributed by atoms with van der Waals surface area (Å²) in [5, 5.41) is 8.39. The second kappa shape index (κ2) is 5.50. The molecule has 0 saturated carbocycles. The number of rotatable bonds is 2. The molecule has 1 amide bonds. The van der Waals surface area contributed by atoms with Crippen LogP contribution in [0.5, 0.6) is 5.75 Å². The smallest absolute Gasteiger partial charge is 0.406 e. The van der Waals surface area contributed by atoms with E-state index in [0.29, 0.717) is 42.1 Å². The van der Waals surface area contributed by atoms with Crippen LogP contribution in [0.2, 0.25) is 0 Å². The van der Waals surface area contributed by atoms with Gasteiger partial charge in [-0.2, -0.15) is 0 Å². The Kier molecular flexibility index (Phi) is 3.41. The molecule has 25 heavy (non-hydrogen) atoms. The van der Waals surface area contributed by atoms with E-state index >= 15 is 0 Å².